The van der Waals surface area contributed by atoms with Crippen molar-refractivity contribution in [1.29, 1.82) is 0 Å². The molecule has 4 heterocycles. The van der Waals surface area contributed by atoms with Crippen molar-refractivity contribution in [3.63, 3.8) is 0 Å². The second kappa shape index (κ2) is 10.7. The maximum Gasteiger partial charge on any atom is 0.435 e. The van der Waals surface area contributed by atoms with Gasteiger partial charge >= 0.3 is 6.18 Å². The number of piperidine rings is 1. The fraction of sp³-hybridized carbons (Fsp3) is 0.321. The molecule has 11 heteroatoms. The summed E-state index contributed by atoms with van der Waals surface area (Å²) in [6, 6.07) is 13.0. The highest BCUT2D eigenvalue weighted by Gasteiger charge is 2.39. The van der Waals surface area contributed by atoms with Gasteiger partial charge in [0.05, 0.1) is 15.9 Å². The van der Waals surface area contributed by atoms with Crippen LogP contribution in [0.5, 0.6) is 0 Å². The van der Waals surface area contributed by atoms with Crippen molar-refractivity contribution in [2.45, 2.75) is 45.5 Å². The average molecular weight is 569 g/mol. The van der Waals surface area contributed by atoms with E-state index in [4.69, 9.17) is 4.98 Å². The first-order chi connectivity index (χ1) is 18.9. The van der Waals surface area contributed by atoms with E-state index in [0.717, 1.165) is 46.1 Å². The van der Waals surface area contributed by atoms with E-state index in [9.17, 15) is 13.2 Å². The zero-order valence-electron chi connectivity index (χ0n) is 21.3. The minimum atomic E-state index is -4.67. The Kier molecular flexibility index (Phi) is 7.13. The molecule has 6 nitrogen and oxygen atoms in total. The molecule has 3 aromatic heterocycles. The number of para-hydroxylation sites is 1. The lowest BCUT2D eigenvalue weighted by molar-refractivity contribution is -0.0580. The monoisotopic (exact) mass is 568 g/mol. The van der Waals surface area contributed by atoms with Gasteiger partial charge < -0.3 is 4.57 Å². The van der Waals surface area contributed by atoms with Gasteiger partial charge in [0.15, 0.2) is 5.71 Å². The number of anilines is 1. The average Bonchev–Trinajstić information content (AvgIpc) is 3.65. The Morgan fingerprint density at radius 1 is 1.08 bits per heavy atom. The standard InChI is InChI=1S/C28H27F3N6S2/c1-2-37-16-21(25(28(29,30)31)34-35-27-33-22-8-4-5-9-24(22)39-27)20-14-18(10-11-23(20)37)26-32-19(17-38-26)15-36-12-6-3-7-13-36/h4-5,8-11,14,16-17H,2-3,6-7,12-13,15H2,1H3,(H,33,35)/b34-25-. The summed E-state index contributed by atoms with van der Waals surface area (Å²) in [5.41, 5.74) is 4.85. The van der Waals surface area contributed by atoms with Crippen LogP contribution in [0.4, 0.5) is 18.3 Å². The zero-order valence-corrected chi connectivity index (χ0v) is 23.0. The summed E-state index contributed by atoms with van der Waals surface area (Å²) >= 11 is 2.79. The molecule has 0 amide bonds. The summed E-state index contributed by atoms with van der Waals surface area (Å²) < 4.78 is 45.9. The number of rotatable bonds is 7. The lowest BCUT2D eigenvalue weighted by atomic mass is 10.1. The minimum Gasteiger partial charge on any atom is -0.347 e. The van der Waals surface area contributed by atoms with Crippen LogP contribution in [0.1, 0.15) is 37.4 Å². The van der Waals surface area contributed by atoms with Crippen LogP contribution >= 0.6 is 22.7 Å². The number of nitrogens with one attached hydrogen (secondary N) is 1. The molecule has 0 atom stereocenters. The molecule has 0 spiro atoms. The maximum absolute atomic E-state index is 14.4. The summed E-state index contributed by atoms with van der Waals surface area (Å²) in [5, 5.41) is 7.51. The van der Waals surface area contributed by atoms with Crippen LogP contribution in [-0.2, 0) is 13.1 Å². The summed E-state index contributed by atoms with van der Waals surface area (Å²) in [6.07, 6.45) is 0.557. The van der Waals surface area contributed by atoms with Gasteiger partial charge in [0.25, 0.3) is 0 Å². The predicted octanol–water partition coefficient (Wildman–Crippen LogP) is 7.76. The number of thiazole rings is 2. The Morgan fingerprint density at radius 2 is 1.90 bits per heavy atom. The first kappa shape index (κ1) is 26.0. The van der Waals surface area contributed by atoms with Crippen molar-refractivity contribution in [2.75, 3.05) is 18.5 Å². The molecular formula is C28H27F3N6S2. The van der Waals surface area contributed by atoms with Crippen molar-refractivity contribution in [3.8, 4) is 10.6 Å². The van der Waals surface area contributed by atoms with E-state index in [2.05, 4.69) is 25.8 Å². The van der Waals surface area contributed by atoms with Gasteiger partial charge in [-0.2, -0.15) is 18.3 Å². The molecule has 0 saturated carbocycles. The first-order valence-electron chi connectivity index (χ1n) is 13.0. The number of halogens is 3. The second-order valence-corrected chi connectivity index (χ2v) is 11.5. The van der Waals surface area contributed by atoms with Crippen LogP contribution in [0.2, 0.25) is 0 Å². The van der Waals surface area contributed by atoms with Crippen molar-refractivity contribution < 1.29 is 13.2 Å². The molecule has 39 heavy (non-hydrogen) atoms. The van der Waals surface area contributed by atoms with Crippen molar-refractivity contribution in [3.05, 3.63) is 65.3 Å². The van der Waals surface area contributed by atoms with Gasteiger partial charge in [-0.05, 0) is 63.2 Å². The van der Waals surface area contributed by atoms with E-state index < -0.39 is 11.9 Å². The number of aromatic nitrogens is 3. The van der Waals surface area contributed by atoms with Crippen LogP contribution in [0.15, 0.2) is 59.1 Å². The molecule has 2 aromatic carbocycles. The molecule has 1 fully saturated rings. The SMILES string of the molecule is CCn1cc(/C(=N/Nc2nc3ccccc3s2)C(F)(F)F)c2cc(-c3nc(CN4CCCCC4)cs3)ccc21. The third-order valence-electron chi connectivity index (χ3n) is 6.94. The fourth-order valence-corrected chi connectivity index (χ4v) is 6.66. The number of benzene rings is 2. The number of likely N-dealkylation sites (tertiary alicyclic amines) is 1. The van der Waals surface area contributed by atoms with Gasteiger partial charge in [0.2, 0.25) is 5.13 Å². The quantitative estimate of drug-likeness (QED) is 0.161. The molecule has 0 aliphatic carbocycles. The van der Waals surface area contributed by atoms with Gasteiger partial charge in [-0.25, -0.2) is 9.97 Å². The molecule has 6 rings (SSSR count). The molecule has 0 radical (unpaired) electrons. The number of alkyl halides is 3. The number of hydrogen-bond donors (Lipinski definition) is 1. The van der Waals surface area contributed by atoms with Gasteiger partial charge in [-0.3, -0.25) is 10.3 Å². The van der Waals surface area contributed by atoms with E-state index in [-0.39, 0.29) is 5.56 Å². The number of fused-ring (bicyclic) bond motifs is 2. The van der Waals surface area contributed by atoms with Crippen LogP contribution in [0, 0.1) is 0 Å². The van der Waals surface area contributed by atoms with Gasteiger partial charge in [0, 0.05) is 46.7 Å². The molecule has 0 unspecified atom stereocenters. The highest BCUT2D eigenvalue weighted by molar-refractivity contribution is 7.22. The van der Waals surface area contributed by atoms with E-state index in [1.54, 1.807) is 6.07 Å². The third-order valence-corrected chi connectivity index (χ3v) is 8.82. The van der Waals surface area contributed by atoms with Crippen molar-refractivity contribution in [2.24, 2.45) is 5.10 Å². The van der Waals surface area contributed by atoms with Gasteiger partial charge in [-0.15, -0.1) is 11.3 Å². The van der Waals surface area contributed by atoms with Crippen LogP contribution in [0.3, 0.4) is 0 Å². The summed E-state index contributed by atoms with van der Waals surface area (Å²) in [4.78, 5) is 11.6. The topological polar surface area (TPSA) is 58.3 Å². The van der Waals surface area contributed by atoms with Crippen LogP contribution in [-0.4, -0.2) is 44.4 Å². The molecule has 0 bridgehead atoms. The van der Waals surface area contributed by atoms with Gasteiger partial charge in [-0.1, -0.05) is 29.9 Å². The molecule has 1 saturated heterocycles. The van der Waals surface area contributed by atoms with Gasteiger partial charge in [0.1, 0.15) is 5.01 Å². The molecule has 202 valence electrons. The zero-order chi connectivity index (χ0) is 27.0. The van der Waals surface area contributed by atoms with E-state index in [1.165, 1.54) is 48.1 Å². The first-order valence-corrected chi connectivity index (χ1v) is 14.7. The largest absolute Gasteiger partial charge is 0.435 e. The maximum atomic E-state index is 14.4. The fourth-order valence-electron chi connectivity index (χ4n) is 5.04. The third kappa shape index (κ3) is 5.43. The molecule has 1 N–H and O–H groups in total. The van der Waals surface area contributed by atoms with Crippen LogP contribution in [0.25, 0.3) is 31.7 Å². The smallest absolute Gasteiger partial charge is 0.347 e. The summed E-state index contributed by atoms with van der Waals surface area (Å²) in [7, 11) is 0. The molecule has 5 aromatic rings. The molecule has 1 aliphatic rings. The normalized spacial score (nSPS) is 15.4. The highest BCUT2D eigenvalue weighted by Crippen LogP contribution is 2.34. The Morgan fingerprint density at radius 3 is 2.67 bits per heavy atom. The number of hydrogen-bond acceptors (Lipinski definition) is 7. The van der Waals surface area contributed by atoms with E-state index in [1.807, 2.05) is 47.9 Å². The number of nitrogens with zero attached hydrogens (tertiary/aromatic N) is 5. The minimum absolute atomic E-state index is 0.0277. The summed E-state index contributed by atoms with van der Waals surface area (Å²) in [6.45, 7) is 5.41. The van der Waals surface area contributed by atoms with E-state index in [0.29, 0.717) is 22.6 Å². The Hall–Kier alpha value is -3.28. The predicted molar refractivity (Wildman–Crippen MR) is 154 cm³/mol. The van der Waals surface area contributed by atoms with Crippen molar-refractivity contribution in [1.82, 2.24) is 19.4 Å². The molecular weight excluding hydrogens is 541 g/mol. The highest BCUT2D eigenvalue weighted by atomic mass is 32.1. The Bertz CT molecular complexity index is 1610. The molecule has 1 aliphatic heterocycles. The Labute approximate surface area is 231 Å². The number of aryl methyl sites for hydroxylation is 1. The Balaban J connectivity index is 1.36. The van der Waals surface area contributed by atoms with Crippen LogP contribution < -0.4 is 5.43 Å². The number of hydrazone groups is 1. The van der Waals surface area contributed by atoms with Crippen molar-refractivity contribution >= 4 is 54.6 Å². The summed E-state index contributed by atoms with van der Waals surface area (Å²) in [5.74, 6) is 0. The second-order valence-electron chi connectivity index (χ2n) is 9.60. The lowest BCUT2D eigenvalue weighted by Gasteiger charge is -2.25. The van der Waals surface area contributed by atoms with E-state index >= 15 is 0 Å². The lowest BCUT2D eigenvalue weighted by Crippen LogP contribution is -2.29.